The number of halogens is 2. The number of nitrogen functional groups attached to an aromatic ring is 1. The molecule has 0 atom stereocenters. The molecular formula is C14H12BrIN2O2. The maximum absolute atomic E-state index is 12.1. The molecule has 0 aliphatic heterocycles. The molecule has 2 aromatic rings. The Hall–Kier alpha value is -1.28. The Balaban J connectivity index is 2.12. The van der Waals surface area contributed by atoms with Gasteiger partial charge in [0, 0.05) is 25.8 Å². The van der Waals surface area contributed by atoms with Crippen LogP contribution in [0.5, 0.6) is 5.75 Å². The minimum Gasteiger partial charge on any atom is -0.508 e. The third-order valence-corrected chi connectivity index (χ3v) is 4.15. The zero-order chi connectivity index (χ0) is 14.7. The van der Waals surface area contributed by atoms with Crippen molar-refractivity contribution in [1.29, 1.82) is 0 Å². The Bertz CT molecular complexity index is 662. The van der Waals surface area contributed by atoms with Crippen LogP contribution in [0, 0.1) is 3.57 Å². The molecule has 6 heteroatoms. The van der Waals surface area contributed by atoms with Gasteiger partial charge in [-0.2, -0.15) is 0 Å². The maximum atomic E-state index is 12.1. The first-order valence-electron chi connectivity index (χ1n) is 5.78. The zero-order valence-corrected chi connectivity index (χ0v) is 14.1. The fraction of sp³-hybridized carbons (Fsp3) is 0.0714. The molecule has 0 bridgehead atoms. The van der Waals surface area contributed by atoms with E-state index in [0.29, 0.717) is 16.8 Å². The number of benzene rings is 2. The number of nitrogens with one attached hydrogen (secondary N) is 1. The molecule has 0 saturated carbocycles. The normalized spacial score (nSPS) is 10.3. The molecular weight excluding hydrogens is 435 g/mol. The molecule has 0 spiro atoms. The molecule has 4 nitrogen and oxygen atoms in total. The van der Waals surface area contributed by atoms with E-state index in [1.165, 1.54) is 6.07 Å². The smallest absolute Gasteiger partial charge is 0.252 e. The summed E-state index contributed by atoms with van der Waals surface area (Å²) in [7, 11) is 0. The summed E-state index contributed by atoms with van der Waals surface area (Å²) in [6, 6.07) is 10.3. The van der Waals surface area contributed by atoms with E-state index in [0.717, 1.165) is 8.04 Å². The molecule has 0 aliphatic rings. The third kappa shape index (κ3) is 3.63. The number of amides is 1. The highest BCUT2D eigenvalue weighted by molar-refractivity contribution is 14.1. The van der Waals surface area contributed by atoms with E-state index in [4.69, 9.17) is 5.73 Å². The molecule has 0 heterocycles. The highest BCUT2D eigenvalue weighted by Crippen LogP contribution is 2.21. The molecule has 0 saturated heterocycles. The number of aromatic hydroxyl groups is 1. The van der Waals surface area contributed by atoms with Gasteiger partial charge in [0.25, 0.3) is 5.91 Å². The highest BCUT2D eigenvalue weighted by atomic mass is 127. The van der Waals surface area contributed by atoms with Gasteiger partial charge in [0.05, 0.1) is 5.56 Å². The van der Waals surface area contributed by atoms with Gasteiger partial charge in [-0.3, -0.25) is 4.79 Å². The summed E-state index contributed by atoms with van der Waals surface area (Å²) in [4.78, 5) is 12.1. The van der Waals surface area contributed by atoms with E-state index in [9.17, 15) is 9.90 Å². The highest BCUT2D eigenvalue weighted by Gasteiger charge is 2.11. The number of nitrogens with two attached hydrogens (primary N) is 1. The Labute approximate surface area is 138 Å². The molecule has 0 unspecified atom stereocenters. The van der Waals surface area contributed by atoms with Crippen molar-refractivity contribution in [2.24, 2.45) is 0 Å². The summed E-state index contributed by atoms with van der Waals surface area (Å²) in [6.07, 6.45) is 0. The van der Waals surface area contributed by atoms with Gasteiger partial charge in [-0.1, -0.05) is 15.9 Å². The summed E-state index contributed by atoms with van der Waals surface area (Å²) >= 11 is 5.45. The molecule has 0 radical (unpaired) electrons. The molecule has 1 amide bonds. The molecule has 2 rings (SSSR count). The molecule has 2 aromatic carbocycles. The van der Waals surface area contributed by atoms with Crippen LogP contribution in [-0.2, 0) is 6.54 Å². The number of hydrogen-bond acceptors (Lipinski definition) is 3. The van der Waals surface area contributed by atoms with Crippen LogP contribution >= 0.6 is 38.5 Å². The summed E-state index contributed by atoms with van der Waals surface area (Å²) in [5.74, 6) is -0.0824. The van der Waals surface area contributed by atoms with Crippen molar-refractivity contribution in [3.05, 3.63) is 55.6 Å². The van der Waals surface area contributed by atoms with Crippen LogP contribution in [0.3, 0.4) is 0 Å². The summed E-state index contributed by atoms with van der Waals surface area (Å²) < 4.78 is 1.70. The van der Waals surface area contributed by atoms with Crippen molar-refractivity contribution < 1.29 is 9.90 Å². The lowest BCUT2D eigenvalue weighted by Gasteiger charge is -2.09. The Morgan fingerprint density at radius 2 is 2.05 bits per heavy atom. The van der Waals surface area contributed by atoms with Gasteiger partial charge >= 0.3 is 0 Å². The Kier molecular flexibility index (Phi) is 4.87. The first-order chi connectivity index (χ1) is 9.47. The molecule has 0 aliphatic carbocycles. The summed E-state index contributed by atoms with van der Waals surface area (Å²) in [5.41, 5.74) is 7.38. The predicted molar refractivity (Wildman–Crippen MR) is 90.5 cm³/mol. The van der Waals surface area contributed by atoms with Gasteiger partial charge in [-0.05, 0) is 59.0 Å². The van der Waals surface area contributed by atoms with Crippen molar-refractivity contribution in [1.82, 2.24) is 5.32 Å². The van der Waals surface area contributed by atoms with E-state index in [1.807, 2.05) is 12.1 Å². The lowest BCUT2D eigenvalue weighted by Crippen LogP contribution is -2.23. The average Bonchev–Trinajstić information content (AvgIpc) is 2.42. The van der Waals surface area contributed by atoms with Crippen LogP contribution in [0.15, 0.2) is 40.9 Å². The topological polar surface area (TPSA) is 75.3 Å². The fourth-order valence-electron chi connectivity index (χ4n) is 1.69. The predicted octanol–water partition coefficient (Wildman–Crippen LogP) is 3.27. The van der Waals surface area contributed by atoms with Crippen molar-refractivity contribution >= 4 is 50.1 Å². The molecule has 0 fully saturated rings. The zero-order valence-electron chi connectivity index (χ0n) is 10.4. The lowest BCUT2D eigenvalue weighted by molar-refractivity contribution is 0.0950. The van der Waals surface area contributed by atoms with Crippen LogP contribution in [-0.4, -0.2) is 11.0 Å². The summed E-state index contributed by atoms with van der Waals surface area (Å²) in [6.45, 7) is 0.221. The first kappa shape index (κ1) is 15.1. The number of phenolic OH excluding ortho intramolecular Hbond substituents is 1. The van der Waals surface area contributed by atoms with Gasteiger partial charge in [-0.25, -0.2) is 0 Å². The number of hydrogen-bond donors (Lipinski definition) is 3. The van der Waals surface area contributed by atoms with Crippen LogP contribution in [0.2, 0.25) is 0 Å². The number of carbonyl (C=O) groups excluding carboxylic acids is 1. The fourth-order valence-corrected chi connectivity index (χ4v) is 2.63. The summed E-state index contributed by atoms with van der Waals surface area (Å²) in [5, 5.41) is 12.5. The van der Waals surface area contributed by atoms with Gasteiger partial charge < -0.3 is 16.2 Å². The average molecular weight is 447 g/mol. The van der Waals surface area contributed by atoms with E-state index in [1.54, 1.807) is 18.2 Å². The minimum absolute atomic E-state index is 0.114. The second-order valence-corrected chi connectivity index (χ2v) is 6.27. The van der Waals surface area contributed by atoms with Gasteiger partial charge in [0.2, 0.25) is 0 Å². The minimum atomic E-state index is -0.197. The first-order valence-corrected chi connectivity index (χ1v) is 7.65. The van der Waals surface area contributed by atoms with E-state index >= 15 is 0 Å². The lowest BCUT2D eigenvalue weighted by atomic mass is 10.1. The van der Waals surface area contributed by atoms with Crippen LogP contribution < -0.4 is 11.1 Å². The van der Waals surface area contributed by atoms with Crippen molar-refractivity contribution in [3.8, 4) is 5.75 Å². The van der Waals surface area contributed by atoms with Crippen molar-refractivity contribution in [2.75, 3.05) is 5.73 Å². The molecule has 104 valence electrons. The Morgan fingerprint density at radius 3 is 2.80 bits per heavy atom. The third-order valence-electron chi connectivity index (χ3n) is 2.72. The quantitative estimate of drug-likeness (QED) is 0.384. The second kappa shape index (κ2) is 6.45. The van der Waals surface area contributed by atoms with Crippen LogP contribution in [0.25, 0.3) is 0 Å². The second-order valence-electron chi connectivity index (χ2n) is 4.19. The maximum Gasteiger partial charge on any atom is 0.252 e. The van der Waals surface area contributed by atoms with Crippen LogP contribution in [0.1, 0.15) is 15.9 Å². The van der Waals surface area contributed by atoms with Gasteiger partial charge in [0.1, 0.15) is 5.75 Å². The largest absolute Gasteiger partial charge is 0.508 e. The Morgan fingerprint density at radius 1 is 1.30 bits per heavy atom. The SMILES string of the molecule is Nc1ccc(O)c(CNC(=O)c2cc(Br)ccc2I)c1. The van der Waals surface area contributed by atoms with Crippen molar-refractivity contribution in [2.45, 2.75) is 6.54 Å². The number of phenols is 1. The van der Waals surface area contributed by atoms with Gasteiger partial charge in [-0.15, -0.1) is 0 Å². The van der Waals surface area contributed by atoms with E-state index in [2.05, 4.69) is 43.8 Å². The number of anilines is 1. The van der Waals surface area contributed by atoms with Gasteiger partial charge in [0.15, 0.2) is 0 Å². The molecule has 20 heavy (non-hydrogen) atoms. The van der Waals surface area contributed by atoms with E-state index in [-0.39, 0.29) is 18.2 Å². The number of carbonyl (C=O) groups is 1. The molecule has 0 aromatic heterocycles. The monoisotopic (exact) mass is 446 g/mol. The van der Waals surface area contributed by atoms with E-state index < -0.39 is 0 Å². The standard InChI is InChI=1S/C14H12BrIN2O2/c15-9-1-3-12(16)11(6-9)14(20)18-7-8-5-10(17)2-4-13(8)19/h1-6,19H,7,17H2,(H,18,20). The number of rotatable bonds is 3. The van der Waals surface area contributed by atoms with Crippen LogP contribution in [0.4, 0.5) is 5.69 Å². The molecule has 4 N–H and O–H groups in total. The van der Waals surface area contributed by atoms with Crippen molar-refractivity contribution in [3.63, 3.8) is 0 Å².